The topological polar surface area (TPSA) is 108 Å². The van der Waals surface area contributed by atoms with Crippen molar-refractivity contribution in [2.24, 2.45) is 0 Å². The number of nitrogens with one attached hydrogen (secondary N) is 3. The first-order valence-corrected chi connectivity index (χ1v) is 8.25. The van der Waals surface area contributed by atoms with Crippen molar-refractivity contribution >= 4 is 23.8 Å². The summed E-state index contributed by atoms with van der Waals surface area (Å²) in [7, 11) is 0. The van der Waals surface area contributed by atoms with Crippen molar-refractivity contribution in [2.75, 3.05) is 6.54 Å². The van der Waals surface area contributed by atoms with E-state index in [1.165, 1.54) is 0 Å². The molecule has 0 aromatic heterocycles. The highest BCUT2D eigenvalue weighted by Gasteiger charge is 2.49. The average Bonchev–Trinajstić information content (AvgIpc) is 2.91. The van der Waals surface area contributed by atoms with E-state index >= 15 is 0 Å². The van der Waals surface area contributed by atoms with Gasteiger partial charge in [-0.1, -0.05) is 48.5 Å². The Morgan fingerprint density at radius 1 is 0.963 bits per heavy atom. The van der Waals surface area contributed by atoms with Crippen molar-refractivity contribution in [2.45, 2.75) is 12.5 Å². The van der Waals surface area contributed by atoms with Crippen molar-refractivity contribution in [1.29, 1.82) is 0 Å². The maximum Gasteiger partial charge on any atom is 0.325 e. The Bertz CT molecular complexity index is 885. The van der Waals surface area contributed by atoms with E-state index in [9.17, 15) is 19.2 Å². The summed E-state index contributed by atoms with van der Waals surface area (Å²) < 4.78 is 0. The third kappa shape index (κ3) is 3.64. The largest absolute Gasteiger partial charge is 0.325 e. The van der Waals surface area contributed by atoms with E-state index in [0.29, 0.717) is 11.1 Å². The highest BCUT2D eigenvalue weighted by Crippen LogP contribution is 2.28. The lowest BCUT2D eigenvalue weighted by atomic mass is 9.92. The summed E-state index contributed by atoms with van der Waals surface area (Å²) in [5.41, 5.74) is 4.19. The monoisotopic (exact) mass is 366 g/mol. The molecule has 8 heteroatoms. The van der Waals surface area contributed by atoms with Gasteiger partial charge in [0.2, 0.25) is 0 Å². The molecule has 0 bridgehead atoms. The molecule has 138 valence electrons. The zero-order chi connectivity index (χ0) is 19.4. The fraction of sp³-hybridized carbons (Fsp3) is 0.158. The third-order valence-corrected chi connectivity index (χ3v) is 4.28. The normalized spacial score (nSPS) is 18.8. The van der Waals surface area contributed by atoms with Crippen LogP contribution in [0.2, 0.25) is 0 Å². The number of imide groups is 1. The van der Waals surface area contributed by atoms with E-state index in [2.05, 4.69) is 16.2 Å². The number of benzene rings is 2. The van der Waals surface area contributed by atoms with Crippen LogP contribution in [0.5, 0.6) is 0 Å². The minimum absolute atomic E-state index is 0.365. The van der Waals surface area contributed by atoms with E-state index < -0.39 is 35.8 Å². The standard InChI is InChI=1S/C19H18N4O4/c1-19(14-10-6-3-7-11-14)17(26)23(18(27)20-19)12-15(24)21-22-16(25)13-8-4-2-5-9-13/h2-11H,12H2,1H3,(H,20,27)(H,21,24)(H,22,25)/t19-/m1/s1. The molecule has 0 unspecified atom stereocenters. The van der Waals surface area contributed by atoms with Gasteiger partial charge in [0.25, 0.3) is 17.7 Å². The highest BCUT2D eigenvalue weighted by molar-refractivity contribution is 6.09. The van der Waals surface area contributed by atoms with Crippen LogP contribution < -0.4 is 16.2 Å². The first-order valence-electron chi connectivity index (χ1n) is 8.25. The smallest absolute Gasteiger partial charge is 0.319 e. The maximum absolute atomic E-state index is 12.7. The van der Waals surface area contributed by atoms with Gasteiger partial charge in [0.05, 0.1) is 0 Å². The van der Waals surface area contributed by atoms with Crippen molar-refractivity contribution in [3.63, 3.8) is 0 Å². The zero-order valence-corrected chi connectivity index (χ0v) is 14.6. The molecule has 1 aliphatic rings. The molecule has 27 heavy (non-hydrogen) atoms. The summed E-state index contributed by atoms with van der Waals surface area (Å²) in [5.74, 6) is -1.74. The molecule has 1 aliphatic heterocycles. The second-order valence-electron chi connectivity index (χ2n) is 6.18. The minimum atomic E-state index is -1.24. The van der Waals surface area contributed by atoms with Crippen LogP contribution in [-0.2, 0) is 15.1 Å². The number of hydrogen-bond donors (Lipinski definition) is 3. The van der Waals surface area contributed by atoms with E-state index in [1.54, 1.807) is 67.6 Å². The minimum Gasteiger partial charge on any atom is -0.319 e. The second-order valence-corrected chi connectivity index (χ2v) is 6.18. The van der Waals surface area contributed by atoms with Gasteiger partial charge in [0.1, 0.15) is 12.1 Å². The molecule has 0 spiro atoms. The van der Waals surface area contributed by atoms with Crippen molar-refractivity contribution in [3.8, 4) is 0 Å². The Labute approximate surface area is 155 Å². The van der Waals surface area contributed by atoms with Crippen LogP contribution in [-0.4, -0.2) is 35.2 Å². The average molecular weight is 366 g/mol. The lowest BCUT2D eigenvalue weighted by Gasteiger charge is -2.22. The van der Waals surface area contributed by atoms with Crippen molar-refractivity contribution in [3.05, 3.63) is 71.8 Å². The van der Waals surface area contributed by atoms with Crippen LogP contribution in [0.25, 0.3) is 0 Å². The number of hydrogen-bond acceptors (Lipinski definition) is 4. The zero-order valence-electron chi connectivity index (χ0n) is 14.6. The number of nitrogens with zero attached hydrogens (tertiary/aromatic N) is 1. The molecule has 1 fully saturated rings. The summed E-state index contributed by atoms with van der Waals surface area (Å²) in [4.78, 5) is 49.7. The molecule has 1 saturated heterocycles. The Kier molecular flexibility index (Phi) is 4.89. The number of carbonyl (C=O) groups excluding carboxylic acids is 4. The molecule has 3 N–H and O–H groups in total. The van der Waals surface area contributed by atoms with Crippen molar-refractivity contribution < 1.29 is 19.2 Å². The van der Waals surface area contributed by atoms with Crippen LogP contribution in [0.1, 0.15) is 22.8 Å². The number of urea groups is 1. The number of carbonyl (C=O) groups is 4. The molecular formula is C19H18N4O4. The summed E-state index contributed by atoms with van der Waals surface area (Å²) in [5, 5.41) is 2.61. The summed E-state index contributed by atoms with van der Waals surface area (Å²) in [6, 6.07) is 16.4. The van der Waals surface area contributed by atoms with Crippen LogP contribution >= 0.6 is 0 Å². The lowest BCUT2D eigenvalue weighted by Crippen LogP contribution is -2.48. The van der Waals surface area contributed by atoms with E-state index in [4.69, 9.17) is 0 Å². The van der Waals surface area contributed by atoms with E-state index in [-0.39, 0.29) is 0 Å². The van der Waals surface area contributed by atoms with Gasteiger partial charge in [-0.15, -0.1) is 0 Å². The van der Waals surface area contributed by atoms with Crippen LogP contribution in [0.15, 0.2) is 60.7 Å². The highest BCUT2D eigenvalue weighted by atomic mass is 16.2. The molecule has 0 aliphatic carbocycles. The molecule has 5 amide bonds. The summed E-state index contributed by atoms with van der Waals surface area (Å²) in [6.45, 7) is 1.07. The fourth-order valence-electron chi connectivity index (χ4n) is 2.78. The second kappa shape index (κ2) is 7.28. The Morgan fingerprint density at radius 2 is 1.56 bits per heavy atom. The third-order valence-electron chi connectivity index (χ3n) is 4.28. The Morgan fingerprint density at radius 3 is 2.19 bits per heavy atom. The molecule has 0 saturated carbocycles. The quantitative estimate of drug-likeness (QED) is 0.552. The maximum atomic E-state index is 12.7. The Balaban J connectivity index is 1.62. The van der Waals surface area contributed by atoms with Crippen LogP contribution in [0, 0.1) is 0 Å². The van der Waals surface area contributed by atoms with Gasteiger partial charge >= 0.3 is 6.03 Å². The summed E-state index contributed by atoms with van der Waals surface area (Å²) in [6.07, 6.45) is 0. The summed E-state index contributed by atoms with van der Waals surface area (Å²) >= 11 is 0. The molecule has 1 heterocycles. The molecule has 1 atom stereocenters. The van der Waals surface area contributed by atoms with E-state index in [0.717, 1.165) is 4.90 Å². The predicted molar refractivity (Wildman–Crippen MR) is 96.1 cm³/mol. The van der Waals surface area contributed by atoms with Crippen LogP contribution in [0.3, 0.4) is 0 Å². The molecular weight excluding hydrogens is 348 g/mol. The van der Waals surface area contributed by atoms with Gasteiger partial charge in [-0.25, -0.2) is 4.79 Å². The molecule has 2 aromatic carbocycles. The SMILES string of the molecule is C[C@]1(c2ccccc2)NC(=O)N(CC(=O)NNC(=O)c2ccccc2)C1=O. The first-order chi connectivity index (χ1) is 12.9. The number of hydrazine groups is 1. The molecule has 0 radical (unpaired) electrons. The molecule has 8 nitrogen and oxygen atoms in total. The van der Waals surface area contributed by atoms with Gasteiger partial charge in [0, 0.05) is 5.56 Å². The van der Waals surface area contributed by atoms with Gasteiger partial charge < -0.3 is 5.32 Å². The Hall–Kier alpha value is -3.68. The number of amides is 5. The van der Waals surface area contributed by atoms with E-state index in [1.807, 2.05) is 0 Å². The van der Waals surface area contributed by atoms with Gasteiger partial charge in [-0.2, -0.15) is 0 Å². The lowest BCUT2D eigenvalue weighted by molar-refractivity contribution is -0.135. The van der Waals surface area contributed by atoms with Crippen molar-refractivity contribution in [1.82, 2.24) is 21.1 Å². The molecule has 3 rings (SSSR count). The van der Waals surface area contributed by atoms with Crippen LogP contribution in [0.4, 0.5) is 4.79 Å². The predicted octanol–water partition coefficient (Wildman–Crippen LogP) is 0.915. The van der Waals surface area contributed by atoms with Gasteiger partial charge in [0.15, 0.2) is 0 Å². The van der Waals surface area contributed by atoms with Gasteiger partial charge in [-0.05, 0) is 24.6 Å². The number of rotatable bonds is 4. The fourth-order valence-corrected chi connectivity index (χ4v) is 2.78. The molecule has 2 aromatic rings. The van der Waals surface area contributed by atoms with Gasteiger partial charge in [-0.3, -0.25) is 30.1 Å². The first kappa shape index (κ1) is 18.1.